The molecule has 0 saturated carbocycles. The highest BCUT2D eigenvalue weighted by Crippen LogP contribution is 2.49. The van der Waals surface area contributed by atoms with Gasteiger partial charge in [-0.05, 0) is 12.0 Å². The molecule has 0 fully saturated rings. The largest absolute Gasteiger partial charge is 0.397 e. The SMILES string of the molecule is CCCCCCCCCCCCCC[Si](OC)(OC)C(C)(C)C(C)CCC. The highest BCUT2D eigenvalue weighted by Gasteiger charge is 2.52. The van der Waals surface area contributed by atoms with Crippen molar-refractivity contribution in [3.63, 3.8) is 0 Å². The molecule has 3 heteroatoms. The predicted octanol–water partition coefficient (Wildman–Crippen LogP) is 8.64. The summed E-state index contributed by atoms with van der Waals surface area (Å²) in [5, 5.41) is 0.157. The molecule has 0 aliphatic heterocycles. The van der Waals surface area contributed by atoms with Crippen LogP contribution in [0.15, 0.2) is 0 Å². The van der Waals surface area contributed by atoms with Gasteiger partial charge in [0.25, 0.3) is 0 Å². The molecule has 0 aromatic carbocycles. The van der Waals surface area contributed by atoms with Crippen LogP contribution in [0.3, 0.4) is 0 Å². The molecule has 0 heterocycles. The second-order valence-corrected chi connectivity index (χ2v) is 13.3. The van der Waals surface area contributed by atoms with Crippen LogP contribution in [0, 0.1) is 5.92 Å². The summed E-state index contributed by atoms with van der Waals surface area (Å²) in [6.45, 7) is 11.7. The van der Waals surface area contributed by atoms with Crippen LogP contribution >= 0.6 is 0 Å². The number of hydrogen-bond acceptors (Lipinski definition) is 2. The number of unbranched alkanes of at least 4 members (excludes halogenated alkanes) is 11. The van der Waals surface area contributed by atoms with Crippen LogP contribution in [0.4, 0.5) is 0 Å². The molecule has 0 aromatic rings. The van der Waals surface area contributed by atoms with Crippen LogP contribution < -0.4 is 0 Å². The molecule has 0 amide bonds. The fourth-order valence-corrected chi connectivity index (χ4v) is 8.39. The van der Waals surface area contributed by atoms with Gasteiger partial charge in [-0.1, -0.05) is 125 Å². The van der Waals surface area contributed by atoms with Crippen molar-refractivity contribution in [2.24, 2.45) is 5.92 Å². The minimum absolute atomic E-state index is 0.157. The van der Waals surface area contributed by atoms with Gasteiger partial charge in [0.15, 0.2) is 0 Å². The van der Waals surface area contributed by atoms with E-state index in [1.165, 1.54) is 89.9 Å². The van der Waals surface area contributed by atoms with Gasteiger partial charge in [0, 0.05) is 19.3 Å². The van der Waals surface area contributed by atoms with Crippen molar-refractivity contribution in [3.8, 4) is 0 Å². The molecule has 0 aliphatic rings. The summed E-state index contributed by atoms with van der Waals surface area (Å²) in [5.74, 6) is 0.645. The van der Waals surface area contributed by atoms with Crippen LogP contribution in [0.25, 0.3) is 0 Å². The Kier molecular flexibility index (Phi) is 16.1. The lowest BCUT2D eigenvalue weighted by Crippen LogP contribution is -2.52. The van der Waals surface area contributed by atoms with Gasteiger partial charge in [-0.2, -0.15) is 0 Å². The monoisotopic (exact) mass is 400 g/mol. The summed E-state index contributed by atoms with van der Waals surface area (Å²) in [5.41, 5.74) is 0. The molecule has 0 bridgehead atoms. The summed E-state index contributed by atoms with van der Waals surface area (Å²) >= 11 is 0. The van der Waals surface area contributed by atoms with Crippen molar-refractivity contribution in [1.82, 2.24) is 0 Å². The van der Waals surface area contributed by atoms with Crippen molar-refractivity contribution >= 4 is 8.56 Å². The molecular formula is C24H52O2Si. The molecule has 0 radical (unpaired) electrons. The maximum Gasteiger partial charge on any atom is 0.343 e. The molecule has 1 atom stereocenters. The molecular weight excluding hydrogens is 348 g/mol. The zero-order valence-electron chi connectivity index (χ0n) is 20.0. The summed E-state index contributed by atoms with van der Waals surface area (Å²) in [4.78, 5) is 0. The molecule has 27 heavy (non-hydrogen) atoms. The first-order chi connectivity index (χ1) is 12.9. The Morgan fingerprint density at radius 2 is 1.07 bits per heavy atom. The van der Waals surface area contributed by atoms with E-state index in [9.17, 15) is 0 Å². The second kappa shape index (κ2) is 16.0. The fraction of sp³-hybridized carbons (Fsp3) is 1.00. The molecule has 0 rings (SSSR count). The van der Waals surface area contributed by atoms with Crippen molar-refractivity contribution in [2.75, 3.05) is 14.2 Å². The summed E-state index contributed by atoms with van der Waals surface area (Å²) < 4.78 is 12.3. The third kappa shape index (κ3) is 9.94. The van der Waals surface area contributed by atoms with Crippen LogP contribution in [0.1, 0.15) is 125 Å². The van der Waals surface area contributed by atoms with Crippen LogP contribution in [-0.4, -0.2) is 22.8 Å². The Bertz CT molecular complexity index is 326. The molecule has 164 valence electrons. The zero-order valence-corrected chi connectivity index (χ0v) is 21.0. The number of hydrogen-bond donors (Lipinski definition) is 0. The van der Waals surface area contributed by atoms with E-state index in [4.69, 9.17) is 8.85 Å². The maximum atomic E-state index is 6.14. The Labute approximate surface area is 173 Å². The Hall–Kier alpha value is 0.137. The molecule has 0 spiro atoms. The van der Waals surface area contributed by atoms with Crippen molar-refractivity contribution in [1.29, 1.82) is 0 Å². The maximum absolute atomic E-state index is 6.14. The van der Waals surface area contributed by atoms with E-state index in [2.05, 4.69) is 34.6 Å². The minimum Gasteiger partial charge on any atom is -0.397 e. The van der Waals surface area contributed by atoms with E-state index in [0.29, 0.717) is 5.92 Å². The van der Waals surface area contributed by atoms with E-state index < -0.39 is 8.56 Å². The topological polar surface area (TPSA) is 18.5 Å². The van der Waals surface area contributed by atoms with E-state index in [1.54, 1.807) is 0 Å². The third-order valence-electron chi connectivity index (χ3n) is 6.95. The van der Waals surface area contributed by atoms with Crippen molar-refractivity contribution < 1.29 is 8.85 Å². The normalized spacial score (nSPS) is 13.9. The van der Waals surface area contributed by atoms with Gasteiger partial charge in [0.2, 0.25) is 0 Å². The highest BCUT2D eigenvalue weighted by molar-refractivity contribution is 6.70. The first kappa shape index (κ1) is 27.1. The second-order valence-electron chi connectivity index (χ2n) is 9.21. The first-order valence-electron chi connectivity index (χ1n) is 12.0. The molecule has 1 unspecified atom stereocenters. The third-order valence-corrected chi connectivity index (χ3v) is 11.7. The van der Waals surface area contributed by atoms with E-state index >= 15 is 0 Å². The molecule has 0 N–H and O–H groups in total. The average Bonchev–Trinajstić information content (AvgIpc) is 2.66. The lowest BCUT2D eigenvalue weighted by molar-refractivity contribution is 0.183. The van der Waals surface area contributed by atoms with Crippen LogP contribution in [-0.2, 0) is 8.85 Å². The zero-order chi connectivity index (χ0) is 20.6. The fourth-order valence-electron chi connectivity index (χ4n) is 4.50. The highest BCUT2D eigenvalue weighted by atomic mass is 28.4. The lowest BCUT2D eigenvalue weighted by Gasteiger charge is -2.45. The summed E-state index contributed by atoms with van der Waals surface area (Å²) in [6, 6.07) is 1.14. The molecule has 0 aliphatic carbocycles. The minimum atomic E-state index is -2.17. The van der Waals surface area contributed by atoms with E-state index in [-0.39, 0.29) is 5.04 Å². The standard InChI is InChI=1S/C24H52O2Si/c1-8-10-11-12-13-14-15-16-17-18-19-20-22-27(25-6,26-7)24(4,5)23(3)21-9-2/h23H,8-22H2,1-7H3. The number of rotatable bonds is 19. The smallest absolute Gasteiger partial charge is 0.343 e. The lowest BCUT2D eigenvalue weighted by atomic mass is 9.92. The summed E-state index contributed by atoms with van der Waals surface area (Å²) in [6.07, 6.45) is 19.3. The molecule has 0 aromatic heterocycles. The first-order valence-corrected chi connectivity index (χ1v) is 14.0. The van der Waals surface area contributed by atoms with Gasteiger partial charge < -0.3 is 8.85 Å². The Balaban J connectivity index is 4.03. The molecule has 2 nitrogen and oxygen atoms in total. The average molecular weight is 401 g/mol. The van der Waals surface area contributed by atoms with Crippen LogP contribution in [0.2, 0.25) is 11.1 Å². The van der Waals surface area contributed by atoms with E-state index in [0.717, 1.165) is 6.04 Å². The van der Waals surface area contributed by atoms with Crippen molar-refractivity contribution in [2.45, 2.75) is 136 Å². The Morgan fingerprint density at radius 3 is 1.44 bits per heavy atom. The van der Waals surface area contributed by atoms with Crippen molar-refractivity contribution in [3.05, 3.63) is 0 Å². The molecule has 0 saturated heterocycles. The summed E-state index contributed by atoms with van der Waals surface area (Å²) in [7, 11) is 1.60. The van der Waals surface area contributed by atoms with Crippen LogP contribution in [0.5, 0.6) is 0 Å². The quantitative estimate of drug-likeness (QED) is 0.159. The predicted molar refractivity (Wildman–Crippen MR) is 124 cm³/mol. The van der Waals surface area contributed by atoms with Gasteiger partial charge in [0.05, 0.1) is 0 Å². The van der Waals surface area contributed by atoms with Gasteiger partial charge in [0.1, 0.15) is 0 Å². The van der Waals surface area contributed by atoms with Gasteiger partial charge in [-0.25, -0.2) is 0 Å². The van der Waals surface area contributed by atoms with E-state index in [1.807, 2.05) is 14.2 Å². The van der Waals surface area contributed by atoms with Gasteiger partial charge >= 0.3 is 8.56 Å². The Morgan fingerprint density at radius 1 is 0.667 bits per heavy atom. The van der Waals surface area contributed by atoms with Gasteiger partial charge in [-0.3, -0.25) is 0 Å². The van der Waals surface area contributed by atoms with Gasteiger partial charge in [-0.15, -0.1) is 0 Å².